The third kappa shape index (κ3) is 3.25. The minimum absolute atomic E-state index is 0.0690. The van der Waals surface area contributed by atoms with Gasteiger partial charge < -0.3 is 11.1 Å². The van der Waals surface area contributed by atoms with Crippen molar-refractivity contribution in [3.63, 3.8) is 0 Å². The summed E-state index contributed by atoms with van der Waals surface area (Å²) >= 11 is 0. The van der Waals surface area contributed by atoms with E-state index in [0.29, 0.717) is 28.1 Å². The highest BCUT2D eigenvalue weighted by Crippen LogP contribution is 2.29. The number of nitriles is 2. The van der Waals surface area contributed by atoms with Crippen molar-refractivity contribution in [1.29, 1.82) is 10.5 Å². The van der Waals surface area contributed by atoms with Crippen molar-refractivity contribution in [2.24, 2.45) is 0 Å². The Morgan fingerprint density at radius 1 is 1.13 bits per heavy atom. The molecule has 30 heavy (non-hydrogen) atoms. The molecule has 2 aromatic heterocycles. The average molecular weight is 398 g/mol. The summed E-state index contributed by atoms with van der Waals surface area (Å²) in [6, 6.07) is 14.9. The molecule has 0 saturated carbocycles. The lowest BCUT2D eigenvalue weighted by molar-refractivity contribution is 0.629. The zero-order valence-electron chi connectivity index (χ0n) is 15.8. The van der Waals surface area contributed by atoms with Gasteiger partial charge in [0.05, 0.1) is 28.7 Å². The Labute approximate surface area is 171 Å². The highest BCUT2D eigenvalue weighted by atomic mass is 19.1. The molecule has 0 radical (unpaired) electrons. The van der Waals surface area contributed by atoms with Crippen LogP contribution < -0.4 is 11.1 Å². The monoisotopic (exact) mass is 398 g/mol. The molecular weight excluding hydrogens is 383 g/mol. The van der Waals surface area contributed by atoms with Crippen LogP contribution in [0.5, 0.6) is 0 Å². The standard InChI is InChI=1S/C21H15FN8/c1-12(28-20-16(10-24)19(25)26-11-27-20)21-29-17-6-5-14(22)8-18(17)30(21)15-4-2-3-13(7-15)9-23/h2-8,11-12H,1H3,(H3,25,26,27,28)/t12-/m0/s1. The Balaban J connectivity index is 1.88. The van der Waals surface area contributed by atoms with Crippen molar-refractivity contribution in [3.05, 3.63) is 71.6 Å². The van der Waals surface area contributed by atoms with Crippen LogP contribution in [-0.4, -0.2) is 19.5 Å². The van der Waals surface area contributed by atoms with Gasteiger partial charge in [-0.3, -0.25) is 4.57 Å². The van der Waals surface area contributed by atoms with Gasteiger partial charge in [0.1, 0.15) is 41.2 Å². The number of nitrogen functional groups attached to an aromatic ring is 1. The van der Waals surface area contributed by atoms with Gasteiger partial charge in [0, 0.05) is 11.8 Å². The fraction of sp³-hybridized carbons (Fsp3) is 0.0952. The number of nitrogens with one attached hydrogen (secondary N) is 1. The summed E-state index contributed by atoms with van der Waals surface area (Å²) in [5, 5.41) is 21.8. The topological polar surface area (TPSA) is 129 Å². The molecule has 4 aromatic rings. The number of rotatable bonds is 4. The van der Waals surface area contributed by atoms with E-state index in [-0.39, 0.29) is 17.2 Å². The Kier molecular flexibility index (Phi) is 4.71. The molecule has 0 fully saturated rings. The summed E-state index contributed by atoms with van der Waals surface area (Å²) in [5.74, 6) is 0.488. The normalized spacial score (nSPS) is 11.6. The van der Waals surface area contributed by atoms with Crippen molar-refractivity contribution in [1.82, 2.24) is 19.5 Å². The van der Waals surface area contributed by atoms with Crippen LogP contribution in [0.4, 0.5) is 16.0 Å². The number of benzene rings is 2. The van der Waals surface area contributed by atoms with E-state index in [9.17, 15) is 14.9 Å². The zero-order valence-corrected chi connectivity index (χ0v) is 15.8. The molecule has 0 bridgehead atoms. The minimum Gasteiger partial charge on any atom is -0.382 e. The first-order valence-electron chi connectivity index (χ1n) is 8.97. The van der Waals surface area contributed by atoms with E-state index >= 15 is 0 Å². The Bertz CT molecular complexity index is 1350. The number of hydrogen-bond acceptors (Lipinski definition) is 7. The molecule has 0 aliphatic carbocycles. The highest BCUT2D eigenvalue weighted by Gasteiger charge is 2.21. The Morgan fingerprint density at radius 3 is 2.73 bits per heavy atom. The van der Waals surface area contributed by atoms with Crippen molar-refractivity contribution in [2.75, 3.05) is 11.1 Å². The number of imidazole rings is 1. The molecule has 8 nitrogen and oxygen atoms in total. The molecule has 2 aromatic carbocycles. The van der Waals surface area contributed by atoms with Crippen molar-refractivity contribution < 1.29 is 4.39 Å². The molecule has 0 saturated heterocycles. The number of anilines is 2. The highest BCUT2D eigenvalue weighted by molar-refractivity contribution is 5.79. The number of aromatic nitrogens is 4. The summed E-state index contributed by atoms with van der Waals surface area (Å²) in [5.41, 5.74) is 8.17. The molecule has 0 unspecified atom stereocenters. The third-order valence-corrected chi connectivity index (χ3v) is 4.60. The quantitative estimate of drug-likeness (QED) is 0.538. The van der Waals surface area contributed by atoms with Crippen LogP contribution in [0.1, 0.15) is 29.9 Å². The second kappa shape index (κ2) is 7.49. The van der Waals surface area contributed by atoms with Crippen LogP contribution in [0.15, 0.2) is 48.8 Å². The van der Waals surface area contributed by atoms with Crippen LogP contribution in [0.2, 0.25) is 0 Å². The van der Waals surface area contributed by atoms with Gasteiger partial charge in [0.25, 0.3) is 0 Å². The second-order valence-electron chi connectivity index (χ2n) is 6.56. The van der Waals surface area contributed by atoms with Gasteiger partial charge in [0.15, 0.2) is 0 Å². The largest absolute Gasteiger partial charge is 0.382 e. The smallest absolute Gasteiger partial charge is 0.150 e. The lowest BCUT2D eigenvalue weighted by Crippen LogP contribution is -2.15. The minimum atomic E-state index is -0.437. The van der Waals surface area contributed by atoms with Crippen molar-refractivity contribution in [3.8, 4) is 17.8 Å². The molecule has 0 amide bonds. The van der Waals surface area contributed by atoms with E-state index in [1.54, 1.807) is 28.8 Å². The van der Waals surface area contributed by atoms with Crippen molar-refractivity contribution in [2.45, 2.75) is 13.0 Å². The average Bonchev–Trinajstić information content (AvgIpc) is 3.12. The van der Waals surface area contributed by atoms with Gasteiger partial charge in [-0.25, -0.2) is 19.3 Å². The van der Waals surface area contributed by atoms with Gasteiger partial charge in [-0.15, -0.1) is 0 Å². The van der Waals surface area contributed by atoms with Gasteiger partial charge in [-0.2, -0.15) is 10.5 Å². The maximum atomic E-state index is 14.0. The summed E-state index contributed by atoms with van der Waals surface area (Å²) in [6.07, 6.45) is 1.26. The van der Waals surface area contributed by atoms with E-state index < -0.39 is 11.9 Å². The third-order valence-electron chi connectivity index (χ3n) is 4.60. The second-order valence-corrected chi connectivity index (χ2v) is 6.56. The molecule has 0 spiro atoms. The first-order valence-corrected chi connectivity index (χ1v) is 8.97. The predicted octanol–water partition coefficient (Wildman–Crippen LogP) is 3.45. The molecule has 2 heterocycles. The van der Waals surface area contributed by atoms with E-state index in [0.717, 1.165) is 0 Å². The SMILES string of the molecule is C[C@H](Nc1ncnc(N)c1C#N)c1nc2ccc(F)cc2n1-c1cccc(C#N)c1. The molecule has 1 atom stereocenters. The first kappa shape index (κ1) is 18.8. The van der Waals surface area contributed by atoms with Crippen LogP contribution >= 0.6 is 0 Å². The van der Waals surface area contributed by atoms with Crippen LogP contribution in [0.3, 0.4) is 0 Å². The molecule has 3 N–H and O–H groups in total. The summed E-state index contributed by atoms with van der Waals surface area (Å²) in [6.45, 7) is 1.83. The van der Waals surface area contributed by atoms with E-state index in [1.807, 2.05) is 19.1 Å². The molecule has 9 heteroatoms. The summed E-state index contributed by atoms with van der Waals surface area (Å²) < 4.78 is 15.8. The Morgan fingerprint density at radius 2 is 1.97 bits per heavy atom. The number of nitrogens with two attached hydrogens (primary N) is 1. The number of halogens is 1. The van der Waals surface area contributed by atoms with Crippen molar-refractivity contribution >= 4 is 22.7 Å². The summed E-state index contributed by atoms with van der Waals surface area (Å²) in [4.78, 5) is 12.6. The van der Waals surface area contributed by atoms with Crippen LogP contribution in [-0.2, 0) is 0 Å². The first-order chi connectivity index (χ1) is 14.5. The van der Waals surface area contributed by atoms with E-state index in [1.165, 1.54) is 18.5 Å². The van der Waals surface area contributed by atoms with Crippen LogP contribution in [0, 0.1) is 28.5 Å². The maximum absolute atomic E-state index is 14.0. The Hall–Kier alpha value is -4.50. The maximum Gasteiger partial charge on any atom is 0.150 e. The van der Waals surface area contributed by atoms with Gasteiger partial charge in [0.2, 0.25) is 0 Å². The fourth-order valence-electron chi connectivity index (χ4n) is 3.23. The molecular formula is C21H15FN8. The van der Waals surface area contributed by atoms with E-state index in [4.69, 9.17) is 5.73 Å². The molecule has 0 aliphatic rings. The lowest BCUT2D eigenvalue weighted by atomic mass is 10.2. The zero-order chi connectivity index (χ0) is 21.3. The van der Waals surface area contributed by atoms with E-state index in [2.05, 4.69) is 26.3 Å². The molecule has 0 aliphatic heterocycles. The molecule has 4 rings (SSSR count). The molecule has 146 valence electrons. The number of fused-ring (bicyclic) bond motifs is 1. The summed E-state index contributed by atoms with van der Waals surface area (Å²) in [7, 11) is 0. The number of nitrogens with zero attached hydrogens (tertiary/aromatic N) is 6. The fourth-order valence-corrected chi connectivity index (χ4v) is 3.23. The van der Waals surface area contributed by atoms with Gasteiger partial charge in [-0.1, -0.05) is 6.07 Å². The van der Waals surface area contributed by atoms with Crippen LogP contribution in [0.25, 0.3) is 16.7 Å². The predicted molar refractivity (Wildman–Crippen MR) is 109 cm³/mol. The lowest BCUT2D eigenvalue weighted by Gasteiger charge is -2.18. The van der Waals surface area contributed by atoms with Gasteiger partial charge in [-0.05, 0) is 37.3 Å². The van der Waals surface area contributed by atoms with Gasteiger partial charge >= 0.3 is 0 Å². The number of hydrogen-bond donors (Lipinski definition) is 2.